The first-order valence-electron chi connectivity index (χ1n) is 4.59. The van der Waals surface area contributed by atoms with E-state index in [1.807, 2.05) is 0 Å². The SMILES string of the molecule is O=C(OC1CCC1)c1cccnc1F. The summed E-state index contributed by atoms with van der Waals surface area (Å²) in [5.41, 5.74) is -0.0839. The molecule has 0 bridgehead atoms. The number of pyridine rings is 1. The van der Waals surface area contributed by atoms with Crippen LogP contribution in [0.4, 0.5) is 4.39 Å². The molecule has 0 saturated heterocycles. The van der Waals surface area contributed by atoms with Crippen LogP contribution in [0.3, 0.4) is 0 Å². The lowest BCUT2D eigenvalue weighted by atomic mass is 9.96. The van der Waals surface area contributed by atoms with E-state index in [-0.39, 0.29) is 11.7 Å². The van der Waals surface area contributed by atoms with Crippen molar-refractivity contribution in [3.63, 3.8) is 0 Å². The Bertz CT molecular complexity index is 350. The number of nitrogens with zero attached hydrogens (tertiary/aromatic N) is 1. The van der Waals surface area contributed by atoms with Crippen molar-refractivity contribution in [2.45, 2.75) is 25.4 Å². The largest absolute Gasteiger partial charge is 0.459 e. The molecular weight excluding hydrogens is 185 g/mol. The monoisotopic (exact) mass is 195 g/mol. The van der Waals surface area contributed by atoms with E-state index in [1.54, 1.807) is 0 Å². The zero-order valence-corrected chi connectivity index (χ0v) is 7.57. The molecule has 1 heterocycles. The number of ether oxygens (including phenoxy) is 1. The molecule has 0 aliphatic heterocycles. The van der Waals surface area contributed by atoms with E-state index in [9.17, 15) is 9.18 Å². The molecule has 0 radical (unpaired) electrons. The average molecular weight is 195 g/mol. The molecule has 4 heteroatoms. The van der Waals surface area contributed by atoms with Crippen LogP contribution >= 0.6 is 0 Å². The fraction of sp³-hybridized carbons (Fsp3) is 0.400. The highest BCUT2D eigenvalue weighted by atomic mass is 19.1. The maximum atomic E-state index is 13.0. The molecule has 0 spiro atoms. The third kappa shape index (κ3) is 1.73. The first kappa shape index (κ1) is 9.12. The van der Waals surface area contributed by atoms with Crippen LogP contribution in [-0.2, 0) is 4.74 Å². The van der Waals surface area contributed by atoms with Crippen molar-refractivity contribution in [3.8, 4) is 0 Å². The molecule has 1 aliphatic carbocycles. The van der Waals surface area contributed by atoms with Gasteiger partial charge in [-0.15, -0.1) is 0 Å². The van der Waals surface area contributed by atoms with Crippen LogP contribution in [0, 0.1) is 5.95 Å². The highest BCUT2D eigenvalue weighted by molar-refractivity contribution is 5.89. The number of rotatable bonds is 2. The molecule has 1 aliphatic rings. The van der Waals surface area contributed by atoms with Gasteiger partial charge in [0.1, 0.15) is 11.7 Å². The topological polar surface area (TPSA) is 39.2 Å². The molecule has 0 unspecified atom stereocenters. The summed E-state index contributed by atoms with van der Waals surface area (Å²) < 4.78 is 18.0. The summed E-state index contributed by atoms with van der Waals surface area (Å²) in [6.45, 7) is 0. The van der Waals surface area contributed by atoms with Crippen molar-refractivity contribution in [2.24, 2.45) is 0 Å². The van der Waals surface area contributed by atoms with Gasteiger partial charge in [0.05, 0.1) is 0 Å². The molecule has 0 atom stereocenters. The van der Waals surface area contributed by atoms with Crippen LogP contribution in [0.2, 0.25) is 0 Å². The summed E-state index contributed by atoms with van der Waals surface area (Å²) in [5.74, 6) is -1.38. The van der Waals surface area contributed by atoms with Gasteiger partial charge in [-0.05, 0) is 31.4 Å². The summed E-state index contributed by atoms with van der Waals surface area (Å²) in [4.78, 5) is 14.8. The molecule has 1 aromatic rings. The van der Waals surface area contributed by atoms with E-state index < -0.39 is 11.9 Å². The van der Waals surface area contributed by atoms with Crippen molar-refractivity contribution in [1.82, 2.24) is 4.98 Å². The quantitative estimate of drug-likeness (QED) is 0.534. The second-order valence-corrected chi connectivity index (χ2v) is 3.30. The van der Waals surface area contributed by atoms with Crippen LogP contribution in [-0.4, -0.2) is 17.1 Å². The Morgan fingerprint density at radius 1 is 1.57 bits per heavy atom. The van der Waals surface area contributed by atoms with Gasteiger partial charge in [0.2, 0.25) is 5.95 Å². The minimum absolute atomic E-state index is 0.0258. The summed E-state index contributed by atoms with van der Waals surface area (Å²) in [5, 5.41) is 0. The van der Waals surface area contributed by atoms with E-state index in [0.29, 0.717) is 0 Å². The van der Waals surface area contributed by atoms with E-state index in [1.165, 1.54) is 18.3 Å². The molecule has 3 nitrogen and oxygen atoms in total. The van der Waals surface area contributed by atoms with Crippen molar-refractivity contribution in [1.29, 1.82) is 0 Å². The number of esters is 1. The Morgan fingerprint density at radius 2 is 2.36 bits per heavy atom. The summed E-state index contributed by atoms with van der Waals surface area (Å²) >= 11 is 0. The van der Waals surface area contributed by atoms with Crippen molar-refractivity contribution in [3.05, 3.63) is 29.8 Å². The molecule has 0 aromatic carbocycles. The standard InChI is InChI=1S/C10H10FNO2/c11-9-8(5-2-6-12-9)10(13)14-7-3-1-4-7/h2,5-7H,1,3-4H2. The zero-order valence-electron chi connectivity index (χ0n) is 7.57. The van der Waals surface area contributed by atoms with Crippen molar-refractivity contribution >= 4 is 5.97 Å². The van der Waals surface area contributed by atoms with E-state index >= 15 is 0 Å². The second kappa shape index (κ2) is 3.74. The number of carbonyl (C=O) groups is 1. The number of hydrogen-bond acceptors (Lipinski definition) is 3. The molecule has 1 aromatic heterocycles. The molecule has 0 amide bonds. The van der Waals surface area contributed by atoms with Crippen LogP contribution < -0.4 is 0 Å². The van der Waals surface area contributed by atoms with Gasteiger partial charge in [0.25, 0.3) is 0 Å². The summed E-state index contributed by atoms with van der Waals surface area (Å²) in [7, 11) is 0. The van der Waals surface area contributed by atoms with Gasteiger partial charge in [-0.3, -0.25) is 0 Å². The van der Waals surface area contributed by atoms with Crippen LogP contribution in [0.15, 0.2) is 18.3 Å². The fourth-order valence-electron chi connectivity index (χ4n) is 1.24. The lowest BCUT2D eigenvalue weighted by Crippen LogP contribution is -2.25. The smallest absolute Gasteiger partial charge is 0.343 e. The Morgan fingerprint density at radius 3 is 2.93 bits per heavy atom. The third-order valence-electron chi connectivity index (χ3n) is 2.30. The lowest BCUT2D eigenvalue weighted by Gasteiger charge is -2.24. The molecule has 2 rings (SSSR count). The average Bonchev–Trinajstić information content (AvgIpc) is 2.12. The zero-order chi connectivity index (χ0) is 9.97. The molecule has 14 heavy (non-hydrogen) atoms. The maximum absolute atomic E-state index is 13.0. The Labute approximate surface area is 80.9 Å². The van der Waals surface area contributed by atoms with E-state index in [2.05, 4.69) is 4.98 Å². The summed E-state index contributed by atoms with van der Waals surface area (Å²) in [6.07, 6.45) is 4.12. The molecular formula is C10H10FNO2. The number of halogens is 1. The molecule has 1 fully saturated rings. The predicted octanol–water partition coefficient (Wildman–Crippen LogP) is 1.93. The van der Waals surface area contributed by atoms with Gasteiger partial charge in [-0.25, -0.2) is 9.78 Å². The molecule has 74 valence electrons. The van der Waals surface area contributed by atoms with E-state index in [0.717, 1.165) is 19.3 Å². The first-order valence-corrected chi connectivity index (χ1v) is 4.59. The van der Waals surface area contributed by atoms with Gasteiger partial charge < -0.3 is 4.74 Å². The number of carbonyl (C=O) groups excluding carboxylic acids is 1. The van der Waals surface area contributed by atoms with Gasteiger partial charge in [0, 0.05) is 6.20 Å². The van der Waals surface area contributed by atoms with E-state index in [4.69, 9.17) is 4.74 Å². The summed E-state index contributed by atoms with van der Waals surface area (Å²) in [6, 6.07) is 2.89. The predicted molar refractivity (Wildman–Crippen MR) is 47.2 cm³/mol. The highest BCUT2D eigenvalue weighted by Crippen LogP contribution is 2.23. The van der Waals surface area contributed by atoms with Crippen molar-refractivity contribution in [2.75, 3.05) is 0 Å². The highest BCUT2D eigenvalue weighted by Gasteiger charge is 2.23. The van der Waals surface area contributed by atoms with Crippen molar-refractivity contribution < 1.29 is 13.9 Å². The van der Waals surface area contributed by atoms with Crippen LogP contribution in [0.1, 0.15) is 29.6 Å². The van der Waals surface area contributed by atoms with Gasteiger partial charge in [-0.2, -0.15) is 4.39 Å². The molecule has 1 saturated carbocycles. The third-order valence-corrected chi connectivity index (χ3v) is 2.30. The number of hydrogen-bond donors (Lipinski definition) is 0. The Hall–Kier alpha value is -1.45. The lowest BCUT2D eigenvalue weighted by molar-refractivity contribution is 0.00844. The van der Waals surface area contributed by atoms with Crippen LogP contribution in [0.25, 0.3) is 0 Å². The van der Waals surface area contributed by atoms with Gasteiger partial charge in [-0.1, -0.05) is 0 Å². The Kier molecular flexibility index (Phi) is 2.43. The van der Waals surface area contributed by atoms with Gasteiger partial charge in [0.15, 0.2) is 0 Å². The van der Waals surface area contributed by atoms with Gasteiger partial charge >= 0.3 is 5.97 Å². The number of aromatic nitrogens is 1. The fourth-order valence-corrected chi connectivity index (χ4v) is 1.24. The minimum Gasteiger partial charge on any atom is -0.459 e. The first-order chi connectivity index (χ1) is 6.77. The Balaban J connectivity index is 2.06. The molecule has 0 N–H and O–H groups in total. The normalized spacial score (nSPS) is 16.1. The minimum atomic E-state index is -0.767. The van der Waals surface area contributed by atoms with Crippen LogP contribution in [0.5, 0.6) is 0 Å². The second-order valence-electron chi connectivity index (χ2n) is 3.30. The maximum Gasteiger partial charge on any atom is 0.343 e.